The molecule has 0 saturated heterocycles. The molecule has 0 bridgehead atoms. The highest BCUT2D eigenvalue weighted by atomic mass is 79.9. The molecule has 2 amide bonds. The van der Waals surface area contributed by atoms with Crippen LogP contribution in [0.15, 0.2) is 15.9 Å². The monoisotopic (exact) mass is 334 g/mol. The van der Waals surface area contributed by atoms with Crippen LogP contribution in [0.2, 0.25) is 0 Å². The van der Waals surface area contributed by atoms with Gasteiger partial charge in [0.15, 0.2) is 0 Å². The van der Waals surface area contributed by atoms with Gasteiger partial charge in [0.25, 0.3) is 5.91 Å². The van der Waals surface area contributed by atoms with Gasteiger partial charge in [-0.3, -0.25) is 14.4 Å². The van der Waals surface area contributed by atoms with Gasteiger partial charge in [0.05, 0.1) is 15.2 Å². The molecule has 2 N–H and O–H groups in total. The van der Waals surface area contributed by atoms with E-state index in [0.29, 0.717) is 4.88 Å². The summed E-state index contributed by atoms with van der Waals surface area (Å²) in [5, 5.41) is 10.6. The summed E-state index contributed by atoms with van der Waals surface area (Å²) in [5.74, 6) is -1.92. The van der Waals surface area contributed by atoms with Crippen LogP contribution < -0.4 is 5.32 Å². The molecule has 1 aromatic heterocycles. The van der Waals surface area contributed by atoms with Gasteiger partial charge < -0.3 is 15.3 Å². The first-order valence-corrected chi connectivity index (χ1v) is 6.50. The smallest absolute Gasteiger partial charge is 0.322 e. The number of amides is 2. The van der Waals surface area contributed by atoms with Crippen molar-refractivity contribution in [1.82, 2.24) is 10.2 Å². The van der Waals surface area contributed by atoms with Gasteiger partial charge >= 0.3 is 5.97 Å². The molecule has 1 heterocycles. The quantitative estimate of drug-likeness (QED) is 0.833. The molecule has 18 heavy (non-hydrogen) atoms. The normalized spacial score (nSPS) is 9.89. The van der Waals surface area contributed by atoms with Crippen molar-refractivity contribution in [3.8, 4) is 0 Å². The van der Waals surface area contributed by atoms with Gasteiger partial charge in [0.1, 0.15) is 6.54 Å². The van der Waals surface area contributed by atoms with E-state index < -0.39 is 18.4 Å². The van der Waals surface area contributed by atoms with E-state index in [2.05, 4.69) is 21.2 Å². The van der Waals surface area contributed by atoms with Gasteiger partial charge in [-0.05, 0) is 28.1 Å². The van der Waals surface area contributed by atoms with Crippen molar-refractivity contribution in [3.05, 3.63) is 20.8 Å². The maximum absolute atomic E-state index is 11.9. The van der Waals surface area contributed by atoms with E-state index >= 15 is 0 Å². The molecule has 98 valence electrons. The van der Waals surface area contributed by atoms with Gasteiger partial charge in [-0.15, -0.1) is 11.3 Å². The Hall–Kier alpha value is -1.41. The summed E-state index contributed by atoms with van der Waals surface area (Å²) in [6.45, 7) is -0.632. The molecule has 1 rings (SSSR count). The Morgan fingerprint density at radius 3 is 2.61 bits per heavy atom. The molecule has 6 nitrogen and oxygen atoms in total. The summed E-state index contributed by atoms with van der Waals surface area (Å²) in [7, 11) is 1.48. The average Bonchev–Trinajstić information content (AvgIpc) is 2.72. The van der Waals surface area contributed by atoms with Crippen LogP contribution in [-0.4, -0.2) is 47.9 Å². The van der Waals surface area contributed by atoms with Crippen molar-refractivity contribution < 1.29 is 19.5 Å². The molecule has 0 radical (unpaired) electrons. The fraction of sp³-hybridized carbons (Fsp3) is 0.300. The van der Waals surface area contributed by atoms with Gasteiger partial charge in [0, 0.05) is 7.05 Å². The molecule has 0 aromatic carbocycles. The number of carbonyl (C=O) groups is 3. The van der Waals surface area contributed by atoms with Gasteiger partial charge in [-0.2, -0.15) is 0 Å². The molecule has 0 spiro atoms. The van der Waals surface area contributed by atoms with Gasteiger partial charge in [-0.1, -0.05) is 0 Å². The molecular weight excluding hydrogens is 324 g/mol. The number of carboxylic acids is 1. The first-order valence-electron chi connectivity index (χ1n) is 4.89. The number of nitrogens with zero attached hydrogens (tertiary/aromatic N) is 1. The van der Waals surface area contributed by atoms with E-state index in [1.807, 2.05) is 0 Å². The number of aliphatic carboxylic acids is 1. The number of nitrogens with one attached hydrogen (secondary N) is 1. The third-order valence-corrected chi connectivity index (χ3v) is 3.56. The van der Waals surface area contributed by atoms with Crippen LogP contribution >= 0.6 is 27.3 Å². The van der Waals surface area contributed by atoms with E-state index in [0.717, 1.165) is 3.79 Å². The van der Waals surface area contributed by atoms with Crippen molar-refractivity contribution in [2.75, 3.05) is 20.1 Å². The van der Waals surface area contributed by atoms with Crippen molar-refractivity contribution in [2.24, 2.45) is 0 Å². The van der Waals surface area contributed by atoms with E-state index in [9.17, 15) is 14.4 Å². The lowest BCUT2D eigenvalue weighted by Gasteiger charge is -2.15. The Morgan fingerprint density at radius 1 is 1.44 bits per heavy atom. The van der Waals surface area contributed by atoms with Crippen molar-refractivity contribution in [1.29, 1.82) is 0 Å². The number of hydrogen-bond acceptors (Lipinski definition) is 4. The molecule has 0 atom stereocenters. The van der Waals surface area contributed by atoms with Crippen LogP contribution in [0.3, 0.4) is 0 Å². The Morgan fingerprint density at radius 2 is 2.11 bits per heavy atom. The molecular formula is C10H11BrN2O4S. The zero-order valence-corrected chi connectivity index (χ0v) is 11.9. The summed E-state index contributed by atoms with van der Waals surface area (Å²) < 4.78 is 0.828. The minimum atomic E-state index is -1.13. The maximum atomic E-state index is 11.9. The van der Waals surface area contributed by atoms with Crippen molar-refractivity contribution >= 4 is 45.1 Å². The SMILES string of the molecule is CN(CC(=O)NCC(=O)O)C(=O)c1ccc(Br)s1. The number of carbonyl (C=O) groups excluding carboxylic acids is 2. The molecule has 0 saturated carbocycles. The molecule has 0 unspecified atom stereocenters. The highest BCUT2D eigenvalue weighted by Crippen LogP contribution is 2.22. The number of hydrogen-bond donors (Lipinski definition) is 2. The summed E-state index contributed by atoms with van der Waals surface area (Å²) in [6.07, 6.45) is 0. The van der Waals surface area contributed by atoms with E-state index in [1.165, 1.54) is 23.3 Å². The summed E-state index contributed by atoms with van der Waals surface area (Å²) in [6, 6.07) is 3.40. The van der Waals surface area contributed by atoms with Gasteiger partial charge in [0.2, 0.25) is 5.91 Å². The third-order valence-electron chi connectivity index (χ3n) is 1.95. The number of thiophene rings is 1. The van der Waals surface area contributed by atoms with Crippen LogP contribution in [-0.2, 0) is 9.59 Å². The average molecular weight is 335 g/mol. The van der Waals surface area contributed by atoms with Crippen LogP contribution in [0.4, 0.5) is 0 Å². The van der Waals surface area contributed by atoms with Crippen LogP contribution in [0.25, 0.3) is 0 Å². The highest BCUT2D eigenvalue weighted by molar-refractivity contribution is 9.11. The number of likely N-dealkylation sites (N-methyl/N-ethyl adjacent to an activating group) is 1. The first-order chi connectivity index (χ1) is 8.40. The predicted octanol–water partition coefficient (Wildman–Crippen LogP) is 0.783. The van der Waals surface area contributed by atoms with Crippen LogP contribution in [0.1, 0.15) is 9.67 Å². The van der Waals surface area contributed by atoms with Crippen molar-refractivity contribution in [2.45, 2.75) is 0 Å². The first kappa shape index (κ1) is 14.7. The number of halogens is 1. The molecule has 0 aliphatic carbocycles. The summed E-state index contributed by atoms with van der Waals surface area (Å²) in [4.78, 5) is 35.2. The Kier molecular flexibility index (Phi) is 5.29. The topological polar surface area (TPSA) is 86.7 Å². The number of carboxylic acid groups (broad SMARTS) is 1. The maximum Gasteiger partial charge on any atom is 0.322 e. The van der Waals surface area contributed by atoms with Crippen LogP contribution in [0.5, 0.6) is 0 Å². The summed E-state index contributed by atoms with van der Waals surface area (Å²) in [5.41, 5.74) is 0. The third kappa shape index (κ3) is 4.46. The Balaban J connectivity index is 2.50. The molecule has 0 fully saturated rings. The number of rotatable bonds is 5. The zero-order valence-electron chi connectivity index (χ0n) is 9.47. The predicted molar refractivity (Wildman–Crippen MR) is 69.6 cm³/mol. The second-order valence-electron chi connectivity index (χ2n) is 3.44. The van der Waals surface area contributed by atoms with Crippen LogP contribution in [0, 0.1) is 0 Å². The van der Waals surface area contributed by atoms with E-state index in [1.54, 1.807) is 12.1 Å². The van der Waals surface area contributed by atoms with E-state index in [-0.39, 0.29) is 12.5 Å². The molecule has 1 aromatic rings. The fourth-order valence-electron chi connectivity index (χ4n) is 1.13. The molecule has 8 heteroatoms. The molecule has 0 aliphatic rings. The highest BCUT2D eigenvalue weighted by Gasteiger charge is 2.16. The largest absolute Gasteiger partial charge is 0.480 e. The Labute approximate surface area is 116 Å². The minimum Gasteiger partial charge on any atom is -0.480 e. The van der Waals surface area contributed by atoms with E-state index in [4.69, 9.17) is 5.11 Å². The summed E-state index contributed by atoms with van der Waals surface area (Å²) >= 11 is 4.51. The second kappa shape index (κ2) is 6.50. The fourth-order valence-corrected chi connectivity index (χ4v) is 2.52. The van der Waals surface area contributed by atoms with Gasteiger partial charge in [-0.25, -0.2) is 0 Å². The lowest BCUT2D eigenvalue weighted by atomic mass is 10.4. The zero-order chi connectivity index (χ0) is 13.7. The second-order valence-corrected chi connectivity index (χ2v) is 5.90. The minimum absolute atomic E-state index is 0.179. The van der Waals surface area contributed by atoms with Crippen molar-refractivity contribution in [3.63, 3.8) is 0 Å². The molecule has 0 aliphatic heterocycles. The lowest BCUT2D eigenvalue weighted by molar-refractivity contribution is -0.138. The Bertz CT molecular complexity index is 474. The lowest BCUT2D eigenvalue weighted by Crippen LogP contribution is -2.39. The standard InChI is InChI=1S/C10H11BrN2O4S/c1-13(5-8(14)12-4-9(15)16)10(17)6-2-3-7(11)18-6/h2-3H,4-5H2,1H3,(H,12,14)(H,15,16).